The lowest BCUT2D eigenvalue weighted by molar-refractivity contribution is 0.0499. The molecule has 0 saturated carbocycles. The van der Waals surface area contributed by atoms with Crippen molar-refractivity contribution in [1.82, 2.24) is 9.97 Å². The monoisotopic (exact) mass is 290 g/mol. The summed E-state index contributed by atoms with van der Waals surface area (Å²) in [4.78, 5) is 20.5. The third-order valence-corrected chi connectivity index (χ3v) is 3.36. The molecule has 1 aromatic carbocycles. The molecule has 20 heavy (non-hydrogen) atoms. The molecule has 0 spiro atoms. The fourth-order valence-electron chi connectivity index (χ4n) is 1.73. The highest BCUT2D eigenvalue weighted by Gasteiger charge is 2.35. The van der Waals surface area contributed by atoms with Crippen molar-refractivity contribution in [3.8, 4) is 5.75 Å². The fourth-order valence-corrected chi connectivity index (χ4v) is 1.86. The van der Waals surface area contributed by atoms with Crippen LogP contribution in [-0.2, 0) is 0 Å². The lowest BCUT2D eigenvalue weighted by Gasteiger charge is -2.27. The maximum atomic E-state index is 12.5. The van der Waals surface area contributed by atoms with E-state index in [1.165, 1.54) is 18.6 Å². The van der Waals surface area contributed by atoms with Gasteiger partial charge in [0, 0.05) is 17.4 Å². The molecule has 0 amide bonds. The number of benzene rings is 1. The molecule has 104 valence electrons. The number of nitrogens with zero attached hydrogens (tertiary/aromatic N) is 2. The van der Waals surface area contributed by atoms with Crippen molar-refractivity contribution in [3.05, 3.63) is 53.6 Å². The molecule has 0 bridgehead atoms. The van der Waals surface area contributed by atoms with Gasteiger partial charge in [0.05, 0.1) is 6.20 Å². The van der Waals surface area contributed by atoms with E-state index in [0.29, 0.717) is 22.9 Å². The van der Waals surface area contributed by atoms with Crippen LogP contribution in [0.4, 0.5) is 0 Å². The van der Waals surface area contributed by atoms with E-state index in [-0.39, 0.29) is 5.78 Å². The van der Waals surface area contributed by atoms with Crippen molar-refractivity contribution in [3.63, 3.8) is 0 Å². The van der Waals surface area contributed by atoms with Crippen LogP contribution < -0.4 is 4.74 Å². The van der Waals surface area contributed by atoms with Crippen LogP contribution in [0.5, 0.6) is 5.75 Å². The molecule has 0 aliphatic heterocycles. The number of rotatable bonds is 5. The summed E-state index contributed by atoms with van der Waals surface area (Å²) in [6, 6.07) is 6.92. The van der Waals surface area contributed by atoms with Gasteiger partial charge in [-0.15, -0.1) is 0 Å². The van der Waals surface area contributed by atoms with E-state index >= 15 is 0 Å². The average Bonchev–Trinajstić information content (AvgIpc) is 2.49. The molecule has 4 nitrogen and oxygen atoms in total. The first-order valence-electron chi connectivity index (χ1n) is 6.30. The number of hydrogen-bond donors (Lipinski definition) is 0. The van der Waals surface area contributed by atoms with Gasteiger partial charge in [0.25, 0.3) is 0 Å². The van der Waals surface area contributed by atoms with Gasteiger partial charge in [-0.2, -0.15) is 0 Å². The second-order valence-electron chi connectivity index (χ2n) is 4.56. The topological polar surface area (TPSA) is 52.1 Å². The van der Waals surface area contributed by atoms with Crippen LogP contribution in [0, 0.1) is 0 Å². The average molecular weight is 291 g/mol. The normalized spacial score (nSPS) is 13.6. The van der Waals surface area contributed by atoms with Gasteiger partial charge in [-0.05, 0) is 37.6 Å². The van der Waals surface area contributed by atoms with Gasteiger partial charge in [0.2, 0.25) is 5.78 Å². The van der Waals surface area contributed by atoms with Crippen LogP contribution in [0.25, 0.3) is 0 Å². The molecule has 5 heteroatoms. The Labute approximate surface area is 122 Å². The largest absolute Gasteiger partial charge is 0.479 e. The van der Waals surface area contributed by atoms with Crippen LogP contribution in [0.3, 0.4) is 0 Å². The summed E-state index contributed by atoms with van der Waals surface area (Å²) in [6.07, 6.45) is 4.98. The van der Waals surface area contributed by atoms with E-state index in [0.717, 1.165) is 0 Å². The summed E-state index contributed by atoms with van der Waals surface area (Å²) in [5, 5.41) is 0.621. The van der Waals surface area contributed by atoms with Gasteiger partial charge in [-0.3, -0.25) is 9.78 Å². The lowest BCUT2D eigenvalue weighted by atomic mass is 9.95. The minimum Gasteiger partial charge on any atom is -0.479 e. The van der Waals surface area contributed by atoms with Gasteiger partial charge in [-0.1, -0.05) is 18.5 Å². The number of ether oxygens (including phenoxy) is 1. The molecule has 1 aromatic heterocycles. The zero-order chi connectivity index (χ0) is 14.6. The van der Waals surface area contributed by atoms with Gasteiger partial charge < -0.3 is 4.74 Å². The number of ketones is 1. The first kappa shape index (κ1) is 14.5. The Kier molecular flexibility index (Phi) is 4.35. The van der Waals surface area contributed by atoms with Crippen LogP contribution >= 0.6 is 11.6 Å². The molecule has 0 radical (unpaired) electrons. The Balaban J connectivity index is 2.25. The summed E-state index contributed by atoms with van der Waals surface area (Å²) in [5.41, 5.74) is -0.685. The third-order valence-electron chi connectivity index (χ3n) is 3.11. The standard InChI is InChI=1S/C15H15ClN2O2/c1-3-15(2,14(19)13-10-17-8-9-18-13)20-12-6-4-11(16)5-7-12/h4-10H,3H2,1-2H3. The van der Waals surface area contributed by atoms with Crippen molar-refractivity contribution in [1.29, 1.82) is 0 Å². The Morgan fingerprint density at radius 1 is 1.30 bits per heavy atom. The maximum absolute atomic E-state index is 12.5. The number of carbonyl (C=O) groups is 1. The summed E-state index contributed by atoms with van der Waals surface area (Å²) in [7, 11) is 0. The van der Waals surface area contributed by atoms with Gasteiger partial charge >= 0.3 is 0 Å². The summed E-state index contributed by atoms with van der Waals surface area (Å²) >= 11 is 5.83. The summed E-state index contributed by atoms with van der Waals surface area (Å²) in [5.74, 6) is 0.402. The first-order valence-corrected chi connectivity index (χ1v) is 6.68. The third kappa shape index (κ3) is 3.14. The van der Waals surface area contributed by atoms with Gasteiger partial charge in [0.1, 0.15) is 11.4 Å². The van der Waals surface area contributed by atoms with E-state index in [1.807, 2.05) is 6.92 Å². The number of hydrogen-bond acceptors (Lipinski definition) is 4. The Morgan fingerprint density at radius 3 is 2.55 bits per heavy atom. The van der Waals surface area contributed by atoms with E-state index < -0.39 is 5.60 Å². The van der Waals surface area contributed by atoms with Crippen molar-refractivity contribution in [2.24, 2.45) is 0 Å². The van der Waals surface area contributed by atoms with E-state index in [1.54, 1.807) is 31.2 Å². The molecule has 1 unspecified atom stereocenters. The minimum atomic E-state index is -0.982. The Morgan fingerprint density at radius 2 is 2.00 bits per heavy atom. The zero-order valence-corrected chi connectivity index (χ0v) is 12.1. The highest BCUT2D eigenvalue weighted by Crippen LogP contribution is 2.25. The second kappa shape index (κ2) is 6.01. The molecule has 2 rings (SSSR count). The smallest absolute Gasteiger partial charge is 0.225 e. The van der Waals surface area contributed by atoms with Crippen molar-refractivity contribution < 1.29 is 9.53 Å². The predicted molar refractivity (Wildman–Crippen MR) is 77.1 cm³/mol. The van der Waals surface area contributed by atoms with Crippen molar-refractivity contribution in [2.75, 3.05) is 0 Å². The quantitative estimate of drug-likeness (QED) is 0.790. The molecule has 1 heterocycles. The lowest BCUT2D eigenvalue weighted by Crippen LogP contribution is -2.41. The highest BCUT2D eigenvalue weighted by molar-refractivity contribution is 6.30. The molecule has 0 fully saturated rings. The number of halogens is 1. The molecule has 1 atom stereocenters. The molecule has 2 aromatic rings. The maximum Gasteiger partial charge on any atom is 0.225 e. The number of aromatic nitrogens is 2. The van der Waals surface area contributed by atoms with Crippen LogP contribution in [0.2, 0.25) is 5.02 Å². The Bertz CT molecular complexity index is 587. The van der Waals surface area contributed by atoms with E-state index in [9.17, 15) is 4.79 Å². The van der Waals surface area contributed by atoms with Gasteiger partial charge in [0.15, 0.2) is 5.60 Å². The minimum absolute atomic E-state index is 0.192. The molecular weight excluding hydrogens is 276 g/mol. The Hall–Kier alpha value is -1.94. The van der Waals surface area contributed by atoms with Gasteiger partial charge in [-0.25, -0.2) is 4.98 Å². The molecular formula is C15H15ClN2O2. The fraction of sp³-hybridized carbons (Fsp3) is 0.267. The predicted octanol–water partition coefficient (Wildman–Crippen LogP) is 3.56. The summed E-state index contributed by atoms with van der Waals surface area (Å²) < 4.78 is 5.85. The highest BCUT2D eigenvalue weighted by atomic mass is 35.5. The molecule has 0 aliphatic rings. The van der Waals surface area contributed by atoms with Crippen LogP contribution in [-0.4, -0.2) is 21.4 Å². The number of Topliss-reactive ketones (excluding diaryl/α,β-unsaturated/α-hetero) is 1. The van der Waals surface area contributed by atoms with Crippen molar-refractivity contribution >= 4 is 17.4 Å². The van der Waals surface area contributed by atoms with Crippen molar-refractivity contribution in [2.45, 2.75) is 25.9 Å². The van der Waals surface area contributed by atoms with E-state index in [2.05, 4.69) is 9.97 Å². The second-order valence-corrected chi connectivity index (χ2v) is 5.00. The summed E-state index contributed by atoms with van der Waals surface area (Å²) in [6.45, 7) is 3.64. The first-order chi connectivity index (χ1) is 9.55. The molecule has 0 N–H and O–H groups in total. The van der Waals surface area contributed by atoms with Crippen LogP contribution in [0.1, 0.15) is 30.8 Å². The van der Waals surface area contributed by atoms with E-state index in [4.69, 9.17) is 16.3 Å². The molecule has 0 aliphatic carbocycles. The zero-order valence-electron chi connectivity index (χ0n) is 11.3. The number of carbonyl (C=O) groups excluding carboxylic acids is 1. The SMILES string of the molecule is CCC(C)(Oc1ccc(Cl)cc1)C(=O)c1cnccn1. The van der Waals surface area contributed by atoms with Crippen LogP contribution in [0.15, 0.2) is 42.9 Å². The molecule has 0 saturated heterocycles.